The second-order valence-electron chi connectivity index (χ2n) is 6.09. The molecule has 0 aliphatic heterocycles. The molecule has 0 unspecified atom stereocenters. The van der Waals surface area contributed by atoms with Crippen molar-refractivity contribution in [3.05, 3.63) is 17.1 Å². The van der Waals surface area contributed by atoms with E-state index in [0.717, 1.165) is 30.4 Å². The van der Waals surface area contributed by atoms with Crippen LogP contribution in [0, 0.1) is 5.92 Å². The van der Waals surface area contributed by atoms with Crippen molar-refractivity contribution in [2.45, 2.75) is 64.2 Å². The highest BCUT2D eigenvalue weighted by molar-refractivity contribution is 5.48. The lowest BCUT2D eigenvalue weighted by Gasteiger charge is -2.27. The number of anilines is 1. The second kappa shape index (κ2) is 5.48. The van der Waals surface area contributed by atoms with Crippen molar-refractivity contribution < 1.29 is 0 Å². The molecule has 0 radical (unpaired) electrons. The monoisotopic (exact) mass is 259 g/mol. The molecule has 0 saturated heterocycles. The van der Waals surface area contributed by atoms with Gasteiger partial charge in [0, 0.05) is 24.2 Å². The van der Waals surface area contributed by atoms with Gasteiger partial charge < -0.3 is 5.32 Å². The molecule has 104 valence electrons. The molecule has 2 aliphatic rings. The lowest BCUT2D eigenvalue weighted by atomic mass is 9.80. The Morgan fingerprint density at radius 3 is 2.58 bits per heavy atom. The maximum absolute atomic E-state index is 4.89. The maximum Gasteiger partial charge on any atom is 0.134 e. The van der Waals surface area contributed by atoms with Crippen LogP contribution in [0.15, 0.2) is 0 Å². The highest BCUT2D eigenvalue weighted by Crippen LogP contribution is 2.37. The van der Waals surface area contributed by atoms with Crippen LogP contribution in [-0.4, -0.2) is 17.0 Å². The number of nitrogens with one attached hydrogen (secondary N) is 1. The first-order valence-corrected chi connectivity index (χ1v) is 7.89. The number of nitrogens with zero attached hydrogens (tertiary/aromatic N) is 2. The van der Waals surface area contributed by atoms with Gasteiger partial charge >= 0.3 is 0 Å². The van der Waals surface area contributed by atoms with Gasteiger partial charge in [0.05, 0.1) is 0 Å². The van der Waals surface area contributed by atoms with Crippen LogP contribution in [0.25, 0.3) is 0 Å². The molecule has 3 nitrogen and oxygen atoms in total. The Labute approximate surface area is 116 Å². The van der Waals surface area contributed by atoms with Crippen LogP contribution in [-0.2, 0) is 12.8 Å². The highest BCUT2D eigenvalue weighted by Gasteiger charge is 2.26. The first kappa shape index (κ1) is 12.9. The molecule has 0 atom stereocenters. The highest BCUT2D eigenvalue weighted by atomic mass is 15.0. The Balaban J connectivity index is 1.82. The topological polar surface area (TPSA) is 37.8 Å². The molecule has 1 heterocycles. The molecule has 1 N–H and O–H groups in total. The third-order valence-corrected chi connectivity index (χ3v) is 4.98. The summed E-state index contributed by atoms with van der Waals surface area (Å²) in [5.74, 6) is 3.74. The first-order valence-electron chi connectivity index (χ1n) is 7.89. The predicted octanol–water partition coefficient (Wildman–Crippen LogP) is 3.69. The Morgan fingerprint density at radius 2 is 1.89 bits per heavy atom. The van der Waals surface area contributed by atoms with Crippen LogP contribution in [0.3, 0.4) is 0 Å². The van der Waals surface area contributed by atoms with Crippen LogP contribution in [0.5, 0.6) is 0 Å². The van der Waals surface area contributed by atoms with Gasteiger partial charge in [-0.15, -0.1) is 0 Å². The van der Waals surface area contributed by atoms with Gasteiger partial charge in [0.1, 0.15) is 11.6 Å². The average Bonchev–Trinajstić information content (AvgIpc) is 2.94. The van der Waals surface area contributed by atoms with Crippen molar-refractivity contribution in [2.24, 2.45) is 5.92 Å². The molecule has 2 aliphatic carbocycles. The molecule has 1 aromatic rings. The molecule has 19 heavy (non-hydrogen) atoms. The van der Waals surface area contributed by atoms with Crippen molar-refractivity contribution in [3.8, 4) is 0 Å². The first-order chi connectivity index (χ1) is 9.31. The number of aromatic nitrogens is 2. The standard InChI is InChI=1S/C16H25N3/c1-3-11-7-9-12(10-8-11)15-18-14-6-4-5-13(14)16(17-2)19-15/h11-12H,3-10H2,1-2H3,(H,17,18,19). The number of rotatable bonds is 3. The summed E-state index contributed by atoms with van der Waals surface area (Å²) in [6.07, 6.45) is 10.1. The van der Waals surface area contributed by atoms with Gasteiger partial charge in [0.15, 0.2) is 0 Å². The van der Waals surface area contributed by atoms with E-state index in [1.54, 1.807) is 0 Å². The molecule has 0 bridgehead atoms. The van der Waals surface area contributed by atoms with Gasteiger partial charge in [-0.1, -0.05) is 13.3 Å². The summed E-state index contributed by atoms with van der Waals surface area (Å²) in [5, 5.41) is 3.28. The summed E-state index contributed by atoms with van der Waals surface area (Å²) >= 11 is 0. The van der Waals surface area contributed by atoms with Crippen molar-refractivity contribution in [2.75, 3.05) is 12.4 Å². The van der Waals surface area contributed by atoms with Crippen molar-refractivity contribution in [1.29, 1.82) is 0 Å². The molecule has 3 heteroatoms. The lowest BCUT2D eigenvalue weighted by Crippen LogP contribution is -2.16. The minimum absolute atomic E-state index is 0.598. The fourth-order valence-electron chi connectivity index (χ4n) is 3.67. The fraction of sp³-hybridized carbons (Fsp3) is 0.750. The van der Waals surface area contributed by atoms with E-state index in [1.165, 1.54) is 49.8 Å². The molecule has 1 saturated carbocycles. The van der Waals surface area contributed by atoms with Crippen LogP contribution >= 0.6 is 0 Å². The van der Waals surface area contributed by atoms with E-state index < -0.39 is 0 Å². The summed E-state index contributed by atoms with van der Waals surface area (Å²) in [6.45, 7) is 2.32. The van der Waals surface area contributed by atoms with Gasteiger partial charge in [-0.05, 0) is 50.9 Å². The average molecular weight is 259 g/mol. The van der Waals surface area contributed by atoms with Crippen molar-refractivity contribution >= 4 is 5.82 Å². The molecule has 0 aromatic carbocycles. The van der Waals surface area contributed by atoms with E-state index in [4.69, 9.17) is 9.97 Å². The van der Waals surface area contributed by atoms with Gasteiger partial charge in [-0.3, -0.25) is 0 Å². The van der Waals surface area contributed by atoms with Gasteiger partial charge in [0.2, 0.25) is 0 Å². The number of aryl methyl sites for hydroxylation is 1. The minimum atomic E-state index is 0.598. The van der Waals surface area contributed by atoms with E-state index in [-0.39, 0.29) is 0 Å². The van der Waals surface area contributed by atoms with Gasteiger partial charge in [0.25, 0.3) is 0 Å². The van der Waals surface area contributed by atoms with Gasteiger partial charge in [-0.2, -0.15) is 0 Å². The van der Waals surface area contributed by atoms with E-state index in [0.29, 0.717) is 5.92 Å². The van der Waals surface area contributed by atoms with Crippen LogP contribution < -0.4 is 5.32 Å². The van der Waals surface area contributed by atoms with Crippen molar-refractivity contribution in [1.82, 2.24) is 9.97 Å². The quantitative estimate of drug-likeness (QED) is 0.899. The smallest absolute Gasteiger partial charge is 0.134 e. The number of hydrogen-bond donors (Lipinski definition) is 1. The molecule has 1 aromatic heterocycles. The Morgan fingerprint density at radius 1 is 1.11 bits per heavy atom. The fourth-order valence-corrected chi connectivity index (χ4v) is 3.67. The zero-order valence-corrected chi connectivity index (χ0v) is 12.2. The molecule has 3 rings (SSSR count). The predicted molar refractivity (Wildman–Crippen MR) is 78.6 cm³/mol. The van der Waals surface area contributed by atoms with Crippen LogP contribution in [0.4, 0.5) is 5.82 Å². The molecule has 1 fully saturated rings. The third-order valence-electron chi connectivity index (χ3n) is 4.98. The summed E-state index contributed by atoms with van der Waals surface area (Å²) in [7, 11) is 1.98. The number of fused-ring (bicyclic) bond motifs is 1. The Hall–Kier alpha value is -1.12. The SMILES string of the molecule is CCC1CCC(c2nc3c(c(NC)n2)CCC3)CC1. The van der Waals surface area contributed by atoms with Crippen LogP contribution in [0.1, 0.15) is 68.4 Å². The molecular formula is C16H25N3. The number of hydrogen-bond acceptors (Lipinski definition) is 3. The molecule has 0 spiro atoms. The van der Waals surface area contributed by atoms with Crippen molar-refractivity contribution in [3.63, 3.8) is 0 Å². The molecule has 0 amide bonds. The van der Waals surface area contributed by atoms with E-state index >= 15 is 0 Å². The Kier molecular flexibility index (Phi) is 3.72. The third kappa shape index (κ3) is 2.47. The zero-order valence-electron chi connectivity index (χ0n) is 12.2. The summed E-state index contributed by atoms with van der Waals surface area (Å²) in [5.41, 5.74) is 2.68. The Bertz CT molecular complexity index is 448. The van der Waals surface area contributed by atoms with E-state index in [2.05, 4.69) is 12.2 Å². The second-order valence-corrected chi connectivity index (χ2v) is 6.09. The summed E-state index contributed by atoms with van der Waals surface area (Å²) in [4.78, 5) is 9.70. The van der Waals surface area contributed by atoms with E-state index in [9.17, 15) is 0 Å². The zero-order chi connectivity index (χ0) is 13.2. The lowest BCUT2D eigenvalue weighted by molar-refractivity contribution is 0.312. The van der Waals surface area contributed by atoms with E-state index in [1.807, 2.05) is 7.05 Å². The van der Waals surface area contributed by atoms with Gasteiger partial charge in [-0.25, -0.2) is 9.97 Å². The normalized spacial score (nSPS) is 26.2. The van der Waals surface area contributed by atoms with Crippen LogP contribution in [0.2, 0.25) is 0 Å². The summed E-state index contributed by atoms with van der Waals surface area (Å²) < 4.78 is 0. The minimum Gasteiger partial charge on any atom is -0.373 e. The maximum atomic E-state index is 4.89. The summed E-state index contributed by atoms with van der Waals surface area (Å²) in [6, 6.07) is 0. The largest absolute Gasteiger partial charge is 0.373 e. The molecular weight excluding hydrogens is 234 g/mol.